The number of piperidine rings is 1. The summed E-state index contributed by atoms with van der Waals surface area (Å²) in [6.07, 6.45) is 8.25. The first-order valence-corrected chi connectivity index (χ1v) is 13.4. The minimum Gasteiger partial charge on any atom is -0.489 e. The van der Waals surface area contributed by atoms with Gasteiger partial charge >= 0.3 is 0 Å². The van der Waals surface area contributed by atoms with Gasteiger partial charge in [0.25, 0.3) is 0 Å². The van der Waals surface area contributed by atoms with Crippen LogP contribution in [0.4, 0.5) is 5.13 Å². The number of rotatable bonds is 8. The number of ether oxygens (including phenoxy) is 2. The third kappa shape index (κ3) is 4.67. The van der Waals surface area contributed by atoms with E-state index in [4.69, 9.17) is 14.5 Å². The first kappa shape index (κ1) is 24.6. The largest absolute Gasteiger partial charge is 0.489 e. The number of aliphatic hydroxyl groups is 1. The van der Waals surface area contributed by atoms with Gasteiger partial charge < -0.3 is 19.5 Å². The van der Waals surface area contributed by atoms with E-state index in [2.05, 4.69) is 32.0 Å². The third-order valence-corrected chi connectivity index (χ3v) is 8.14. The number of anilines is 1. The van der Waals surface area contributed by atoms with Crippen molar-refractivity contribution in [3.05, 3.63) is 54.1 Å². The minimum absolute atomic E-state index is 0.137. The van der Waals surface area contributed by atoms with Crippen molar-refractivity contribution in [2.45, 2.75) is 44.5 Å². The van der Waals surface area contributed by atoms with Gasteiger partial charge in [0.1, 0.15) is 18.4 Å². The van der Waals surface area contributed by atoms with E-state index in [1.807, 2.05) is 24.5 Å². The molecule has 3 aliphatic heterocycles. The lowest BCUT2D eigenvalue weighted by Gasteiger charge is -2.56. The van der Waals surface area contributed by atoms with Crippen LogP contribution in [0.15, 0.2) is 43.0 Å². The molecule has 3 saturated heterocycles. The number of nitriles is 1. The molecule has 2 atom stereocenters. The van der Waals surface area contributed by atoms with Crippen LogP contribution in [0, 0.1) is 11.3 Å². The van der Waals surface area contributed by atoms with E-state index in [0.717, 1.165) is 40.7 Å². The second-order valence-electron chi connectivity index (χ2n) is 10.5. The first-order chi connectivity index (χ1) is 18.3. The molecule has 7 rings (SSSR count). The fourth-order valence-corrected chi connectivity index (χ4v) is 6.13. The predicted molar refractivity (Wildman–Crippen MR) is 144 cm³/mol. The van der Waals surface area contributed by atoms with Gasteiger partial charge in [-0.05, 0) is 31.9 Å². The molecular formula is C27H29N7O3S. The molecule has 3 aliphatic rings. The van der Waals surface area contributed by atoms with Gasteiger partial charge in [-0.3, -0.25) is 4.90 Å². The number of pyridine rings is 2. The monoisotopic (exact) mass is 531 g/mol. The molecule has 0 radical (unpaired) electrons. The van der Waals surface area contributed by atoms with Gasteiger partial charge in [-0.25, -0.2) is 14.5 Å². The van der Waals surface area contributed by atoms with E-state index in [-0.39, 0.29) is 6.61 Å². The van der Waals surface area contributed by atoms with Gasteiger partial charge in [0.15, 0.2) is 5.13 Å². The van der Waals surface area contributed by atoms with Crippen LogP contribution in [-0.4, -0.2) is 74.1 Å². The molecule has 0 saturated carbocycles. The zero-order valence-corrected chi connectivity index (χ0v) is 22.4. The highest BCUT2D eigenvalue weighted by Gasteiger charge is 2.45. The summed E-state index contributed by atoms with van der Waals surface area (Å²) in [7, 11) is 1.63. The van der Waals surface area contributed by atoms with Crippen molar-refractivity contribution in [1.82, 2.24) is 24.5 Å². The number of hydrogen-bond acceptors (Lipinski definition) is 10. The molecule has 2 unspecified atom stereocenters. The van der Waals surface area contributed by atoms with Crippen LogP contribution in [0.1, 0.15) is 31.4 Å². The van der Waals surface area contributed by atoms with Crippen molar-refractivity contribution >= 4 is 22.0 Å². The Morgan fingerprint density at radius 1 is 1.18 bits per heavy atom. The fourth-order valence-electron chi connectivity index (χ4n) is 5.18. The van der Waals surface area contributed by atoms with Crippen molar-refractivity contribution in [2.75, 3.05) is 31.7 Å². The number of methoxy groups -OCH3 is 1. The maximum Gasteiger partial charge on any atom is 0.212 e. The topological polar surface area (TPSA) is 112 Å². The molecule has 0 aromatic carbocycles. The molecule has 0 amide bonds. The standard InChI is InChI=1S/C27H29N7O3S/c1-27(2,35)16-37-21-7-22(25-18(8-28)10-31-34(25)15-21)23-11-30-26(38-23)32-13-19-6-20(14-32)33(19)12-17-4-5-24(36-3)29-9-17/h4-5,7,9-11,15,19-20,35H,6,12-14,16H2,1-3H3. The van der Waals surface area contributed by atoms with Gasteiger partial charge in [0.05, 0.1) is 41.1 Å². The molecule has 0 spiro atoms. The van der Waals surface area contributed by atoms with Crippen LogP contribution in [0.2, 0.25) is 0 Å². The zero-order valence-electron chi connectivity index (χ0n) is 21.5. The van der Waals surface area contributed by atoms with Gasteiger partial charge in [0, 0.05) is 55.7 Å². The Kier molecular flexibility index (Phi) is 6.18. The summed E-state index contributed by atoms with van der Waals surface area (Å²) in [6, 6.07) is 9.09. The van der Waals surface area contributed by atoms with Crippen molar-refractivity contribution in [3.63, 3.8) is 0 Å². The van der Waals surface area contributed by atoms with E-state index in [1.165, 1.54) is 12.0 Å². The number of aromatic nitrogens is 4. The molecule has 1 N–H and O–H groups in total. The Hall–Kier alpha value is -3.72. The molecule has 4 aromatic rings. The highest BCUT2D eigenvalue weighted by atomic mass is 32.1. The lowest BCUT2D eigenvalue weighted by molar-refractivity contribution is -0.00852. The van der Waals surface area contributed by atoms with E-state index < -0.39 is 5.60 Å². The average Bonchev–Trinajstić information content (AvgIpc) is 3.58. The summed E-state index contributed by atoms with van der Waals surface area (Å²) in [4.78, 5) is 15.0. The molecule has 10 nitrogen and oxygen atoms in total. The highest BCUT2D eigenvalue weighted by molar-refractivity contribution is 7.19. The molecule has 2 bridgehead atoms. The maximum atomic E-state index is 10.1. The minimum atomic E-state index is -0.971. The zero-order chi connectivity index (χ0) is 26.4. The van der Waals surface area contributed by atoms with Gasteiger partial charge in [0.2, 0.25) is 5.88 Å². The lowest BCUT2D eigenvalue weighted by Crippen LogP contribution is -2.68. The summed E-state index contributed by atoms with van der Waals surface area (Å²) >= 11 is 1.61. The van der Waals surface area contributed by atoms with Crippen molar-refractivity contribution < 1.29 is 14.6 Å². The van der Waals surface area contributed by atoms with Gasteiger partial charge in [-0.1, -0.05) is 17.4 Å². The van der Waals surface area contributed by atoms with Gasteiger partial charge in [-0.2, -0.15) is 10.4 Å². The Morgan fingerprint density at radius 3 is 2.68 bits per heavy atom. The van der Waals surface area contributed by atoms with Crippen molar-refractivity contribution in [1.29, 1.82) is 5.26 Å². The summed E-state index contributed by atoms with van der Waals surface area (Å²) in [6.45, 7) is 6.26. The molecule has 196 valence electrons. The van der Waals surface area contributed by atoms with E-state index in [1.54, 1.807) is 49.2 Å². The average molecular weight is 532 g/mol. The summed E-state index contributed by atoms with van der Waals surface area (Å²) in [5.41, 5.74) is 2.27. The maximum absolute atomic E-state index is 10.1. The summed E-state index contributed by atoms with van der Waals surface area (Å²) in [5, 5.41) is 25.1. The Morgan fingerprint density at radius 2 is 2.00 bits per heavy atom. The Bertz CT molecular complexity index is 1490. The quantitative estimate of drug-likeness (QED) is 0.366. The Balaban J connectivity index is 1.21. The summed E-state index contributed by atoms with van der Waals surface area (Å²) in [5.74, 6) is 1.20. The van der Waals surface area contributed by atoms with E-state index in [9.17, 15) is 10.4 Å². The van der Waals surface area contributed by atoms with Crippen LogP contribution < -0.4 is 14.4 Å². The predicted octanol–water partition coefficient (Wildman–Crippen LogP) is 3.35. The van der Waals surface area contributed by atoms with Gasteiger partial charge in [-0.15, -0.1) is 0 Å². The Labute approximate surface area is 224 Å². The van der Waals surface area contributed by atoms with Crippen LogP contribution in [-0.2, 0) is 6.54 Å². The third-order valence-electron chi connectivity index (χ3n) is 7.05. The van der Waals surface area contributed by atoms with Crippen LogP contribution in [0.5, 0.6) is 11.6 Å². The van der Waals surface area contributed by atoms with Crippen molar-refractivity contribution in [3.8, 4) is 28.1 Å². The van der Waals surface area contributed by atoms with Crippen LogP contribution >= 0.6 is 11.3 Å². The molecule has 3 fully saturated rings. The van der Waals surface area contributed by atoms with Crippen molar-refractivity contribution in [2.24, 2.45) is 0 Å². The summed E-state index contributed by atoms with van der Waals surface area (Å²) < 4.78 is 12.7. The number of nitrogens with zero attached hydrogens (tertiary/aromatic N) is 7. The van der Waals surface area contributed by atoms with E-state index >= 15 is 0 Å². The van der Waals surface area contributed by atoms with E-state index in [0.29, 0.717) is 29.3 Å². The SMILES string of the molecule is COc1ccc(CN2C3CC2CN(c2ncc(-c4cc(OCC(C)(C)O)cn5ncc(C#N)c45)s2)C3)cn1. The van der Waals surface area contributed by atoms with Crippen LogP contribution in [0.3, 0.4) is 0 Å². The number of piperazine rings is 1. The number of fused-ring (bicyclic) bond motifs is 3. The highest BCUT2D eigenvalue weighted by Crippen LogP contribution is 2.40. The smallest absolute Gasteiger partial charge is 0.212 e. The second kappa shape index (κ2) is 9.54. The van der Waals surface area contributed by atoms with Crippen LogP contribution in [0.25, 0.3) is 16.0 Å². The molecule has 4 aromatic heterocycles. The fraction of sp³-hybridized carbons (Fsp3) is 0.407. The lowest BCUT2D eigenvalue weighted by atomic mass is 9.87. The molecule has 7 heterocycles. The number of thiazole rings is 1. The molecule has 38 heavy (non-hydrogen) atoms. The number of hydrogen-bond donors (Lipinski definition) is 1. The second-order valence-corrected chi connectivity index (χ2v) is 11.5. The first-order valence-electron chi connectivity index (χ1n) is 12.5. The molecule has 11 heteroatoms. The molecular weight excluding hydrogens is 502 g/mol. The molecule has 0 aliphatic carbocycles. The normalized spacial score (nSPS) is 19.3.